The van der Waals surface area contributed by atoms with Crippen LogP contribution in [0, 0.1) is 41.5 Å². The molecular weight excluding hydrogens is 343 g/mol. The van der Waals surface area contributed by atoms with Crippen molar-refractivity contribution in [3.63, 3.8) is 0 Å². The van der Waals surface area contributed by atoms with Crippen molar-refractivity contribution in [2.24, 2.45) is 0 Å². The third-order valence-electron chi connectivity index (χ3n) is 5.50. The Hall–Kier alpha value is -1.93. The quantitative estimate of drug-likeness (QED) is 0.469. The van der Waals surface area contributed by atoms with Gasteiger partial charge in [0.2, 0.25) is 6.71 Å². The predicted molar refractivity (Wildman–Crippen MR) is 124 cm³/mol. The van der Waals surface area contributed by atoms with Crippen LogP contribution in [0.15, 0.2) is 53.4 Å². The minimum absolute atomic E-state index is 0.259. The normalized spacial score (nSPS) is 10.9. The second-order valence-corrected chi connectivity index (χ2v) is 8.65. The van der Waals surface area contributed by atoms with Crippen LogP contribution in [0.4, 0.5) is 0 Å². The highest BCUT2D eigenvalue weighted by Crippen LogP contribution is 2.17. The summed E-state index contributed by atoms with van der Waals surface area (Å²) in [5.74, 6) is 0. The van der Waals surface area contributed by atoms with Crippen molar-refractivity contribution in [1.29, 1.82) is 0 Å². The van der Waals surface area contributed by atoms with Gasteiger partial charge in [0.15, 0.2) is 0 Å². The molecule has 2 heteroatoms. The lowest BCUT2D eigenvalue weighted by Gasteiger charge is -2.26. The SMILES string of the molecule is CSc1ccccc1B(c1c(C)cc(C)cc1C)c1c(C)cc(C)cc1C. The molecule has 3 aromatic carbocycles. The van der Waals surface area contributed by atoms with E-state index in [1.54, 1.807) is 0 Å². The summed E-state index contributed by atoms with van der Waals surface area (Å²) < 4.78 is 0. The van der Waals surface area contributed by atoms with Crippen LogP contribution in [0.2, 0.25) is 0 Å². The van der Waals surface area contributed by atoms with Crippen molar-refractivity contribution in [1.82, 2.24) is 0 Å². The first kappa shape index (κ1) is 19.8. The first-order chi connectivity index (χ1) is 12.8. The Balaban J connectivity index is 2.40. The third-order valence-corrected chi connectivity index (χ3v) is 6.31. The van der Waals surface area contributed by atoms with E-state index >= 15 is 0 Å². The van der Waals surface area contributed by atoms with Crippen molar-refractivity contribution in [3.05, 3.63) is 81.9 Å². The molecule has 0 unspecified atom stereocenters. The standard InChI is InChI=1S/C25H29BS/c1-16-12-18(3)24(19(4)13-16)26(22-10-8-9-11-23(22)27-7)25-20(5)14-17(2)15-21(25)6/h8-15H,1-7H3. The van der Waals surface area contributed by atoms with Crippen LogP contribution in [0.25, 0.3) is 0 Å². The molecule has 0 saturated heterocycles. The molecule has 0 nitrogen and oxygen atoms in total. The van der Waals surface area contributed by atoms with Crippen LogP contribution in [0.1, 0.15) is 33.4 Å². The maximum absolute atomic E-state index is 2.33. The summed E-state index contributed by atoms with van der Waals surface area (Å²) in [5.41, 5.74) is 12.5. The lowest BCUT2D eigenvalue weighted by molar-refractivity contribution is 1.33. The van der Waals surface area contributed by atoms with E-state index in [1.165, 1.54) is 54.7 Å². The highest BCUT2D eigenvalue weighted by Gasteiger charge is 2.29. The Labute approximate surface area is 169 Å². The zero-order valence-corrected chi connectivity index (χ0v) is 18.4. The second-order valence-electron chi connectivity index (χ2n) is 7.80. The van der Waals surface area contributed by atoms with E-state index in [9.17, 15) is 0 Å². The number of rotatable bonds is 4. The summed E-state index contributed by atoms with van der Waals surface area (Å²) in [7, 11) is 0. The van der Waals surface area contributed by atoms with E-state index in [0.29, 0.717) is 0 Å². The van der Waals surface area contributed by atoms with Crippen LogP contribution in [-0.4, -0.2) is 13.0 Å². The van der Waals surface area contributed by atoms with Crippen LogP contribution in [0.5, 0.6) is 0 Å². The fraction of sp³-hybridized carbons (Fsp3) is 0.280. The molecule has 0 heterocycles. The van der Waals surface area contributed by atoms with Gasteiger partial charge in [-0.3, -0.25) is 0 Å². The van der Waals surface area contributed by atoms with Gasteiger partial charge in [0.05, 0.1) is 0 Å². The Morgan fingerprint density at radius 3 is 1.44 bits per heavy atom. The minimum atomic E-state index is 0.259. The van der Waals surface area contributed by atoms with Crippen LogP contribution >= 0.6 is 11.8 Å². The van der Waals surface area contributed by atoms with Crippen molar-refractivity contribution in [2.45, 2.75) is 46.4 Å². The highest BCUT2D eigenvalue weighted by molar-refractivity contribution is 7.98. The Kier molecular flexibility index (Phi) is 5.86. The lowest BCUT2D eigenvalue weighted by atomic mass is 9.34. The van der Waals surface area contributed by atoms with Crippen molar-refractivity contribution in [3.8, 4) is 0 Å². The molecule has 0 bridgehead atoms. The van der Waals surface area contributed by atoms with E-state index in [2.05, 4.69) is 96.3 Å². The van der Waals surface area contributed by atoms with E-state index in [0.717, 1.165) is 0 Å². The van der Waals surface area contributed by atoms with Crippen molar-refractivity contribution < 1.29 is 0 Å². The third kappa shape index (κ3) is 3.87. The molecule has 27 heavy (non-hydrogen) atoms. The molecule has 0 atom stereocenters. The predicted octanol–water partition coefficient (Wildman–Crippen LogP) is 4.78. The number of benzene rings is 3. The van der Waals surface area contributed by atoms with Gasteiger partial charge in [-0.15, -0.1) is 11.8 Å². The van der Waals surface area contributed by atoms with Gasteiger partial charge in [0, 0.05) is 4.90 Å². The molecule has 138 valence electrons. The van der Waals surface area contributed by atoms with Gasteiger partial charge in [-0.1, -0.05) is 92.2 Å². The maximum Gasteiger partial charge on any atom is 0.244 e. The molecular formula is C25H29BS. The van der Waals surface area contributed by atoms with Gasteiger partial charge in [-0.2, -0.15) is 0 Å². The molecule has 0 N–H and O–H groups in total. The number of aryl methyl sites for hydroxylation is 6. The van der Waals surface area contributed by atoms with Crippen molar-refractivity contribution >= 4 is 34.9 Å². The van der Waals surface area contributed by atoms with Crippen LogP contribution in [-0.2, 0) is 0 Å². The Morgan fingerprint density at radius 2 is 1.04 bits per heavy atom. The molecule has 0 aromatic heterocycles. The molecule has 0 spiro atoms. The van der Waals surface area contributed by atoms with Crippen molar-refractivity contribution in [2.75, 3.05) is 6.26 Å². The molecule has 0 amide bonds. The average Bonchev–Trinajstić information content (AvgIpc) is 2.58. The van der Waals surface area contributed by atoms with Gasteiger partial charge in [0.25, 0.3) is 0 Å². The van der Waals surface area contributed by atoms with E-state index in [1.807, 2.05) is 11.8 Å². The first-order valence-corrected chi connectivity index (χ1v) is 10.8. The molecule has 0 aliphatic rings. The number of thioether (sulfide) groups is 1. The van der Waals surface area contributed by atoms with Crippen LogP contribution in [0.3, 0.4) is 0 Å². The monoisotopic (exact) mass is 372 g/mol. The Morgan fingerprint density at radius 1 is 0.630 bits per heavy atom. The van der Waals surface area contributed by atoms with Gasteiger partial charge >= 0.3 is 0 Å². The summed E-state index contributed by atoms with van der Waals surface area (Å²) in [6, 6.07) is 18.2. The molecule has 0 aliphatic carbocycles. The number of hydrogen-bond donors (Lipinski definition) is 0. The van der Waals surface area contributed by atoms with Gasteiger partial charge in [-0.25, -0.2) is 0 Å². The topological polar surface area (TPSA) is 0 Å². The smallest absolute Gasteiger partial charge is 0.130 e. The van der Waals surface area contributed by atoms with E-state index in [4.69, 9.17) is 0 Å². The largest absolute Gasteiger partial charge is 0.244 e. The summed E-state index contributed by atoms with van der Waals surface area (Å²) in [4.78, 5) is 1.36. The second kappa shape index (κ2) is 7.98. The highest BCUT2D eigenvalue weighted by atomic mass is 32.2. The summed E-state index contributed by atoms with van der Waals surface area (Å²) in [5, 5.41) is 0. The van der Waals surface area contributed by atoms with E-state index in [-0.39, 0.29) is 6.71 Å². The molecule has 0 fully saturated rings. The molecule has 0 aliphatic heterocycles. The maximum atomic E-state index is 2.33. The lowest BCUT2D eigenvalue weighted by Crippen LogP contribution is -2.56. The zero-order valence-electron chi connectivity index (χ0n) is 17.6. The summed E-state index contributed by atoms with van der Waals surface area (Å²) in [6.45, 7) is 13.7. The van der Waals surface area contributed by atoms with Crippen LogP contribution < -0.4 is 16.4 Å². The van der Waals surface area contributed by atoms with Gasteiger partial charge < -0.3 is 0 Å². The number of hydrogen-bond acceptors (Lipinski definition) is 1. The average molecular weight is 372 g/mol. The molecule has 3 rings (SSSR count). The first-order valence-electron chi connectivity index (χ1n) is 9.62. The fourth-order valence-corrected chi connectivity index (χ4v) is 5.29. The molecule has 3 aromatic rings. The summed E-state index contributed by atoms with van der Waals surface area (Å²) >= 11 is 1.84. The Bertz CT molecular complexity index is 884. The van der Waals surface area contributed by atoms with E-state index < -0.39 is 0 Å². The van der Waals surface area contributed by atoms with Gasteiger partial charge in [-0.05, 0) is 53.9 Å². The minimum Gasteiger partial charge on any atom is -0.130 e. The fourth-order valence-electron chi connectivity index (χ4n) is 4.65. The zero-order chi connectivity index (χ0) is 19.7. The van der Waals surface area contributed by atoms with Gasteiger partial charge in [0.1, 0.15) is 0 Å². The molecule has 0 saturated carbocycles. The molecule has 0 radical (unpaired) electrons. The summed E-state index contributed by atoms with van der Waals surface area (Å²) in [6.07, 6.45) is 2.18.